The van der Waals surface area contributed by atoms with Crippen LogP contribution < -0.4 is 5.32 Å². The third-order valence-corrected chi connectivity index (χ3v) is 5.55. The van der Waals surface area contributed by atoms with Crippen molar-refractivity contribution in [3.8, 4) is 0 Å². The minimum atomic E-state index is 0.208. The topological polar surface area (TPSA) is 12.0 Å². The van der Waals surface area contributed by atoms with Crippen molar-refractivity contribution in [1.82, 2.24) is 5.32 Å². The van der Waals surface area contributed by atoms with Crippen molar-refractivity contribution in [2.24, 2.45) is 10.8 Å². The summed E-state index contributed by atoms with van der Waals surface area (Å²) in [5, 5.41) is 3.81. The Kier molecular flexibility index (Phi) is 3.02. The molecule has 84 valence electrons. The van der Waals surface area contributed by atoms with Crippen LogP contribution in [0.2, 0.25) is 0 Å². The highest BCUT2D eigenvalue weighted by Crippen LogP contribution is 2.54. The highest BCUT2D eigenvalue weighted by atomic mass is 32.2. The Morgan fingerprint density at radius 3 is 1.64 bits per heavy atom. The van der Waals surface area contributed by atoms with Gasteiger partial charge in [-0.15, -0.1) is 11.8 Å². The van der Waals surface area contributed by atoms with Crippen molar-refractivity contribution in [2.45, 2.75) is 59.4 Å². The van der Waals surface area contributed by atoms with Gasteiger partial charge in [0.2, 0.25) is 0 Å². The SMILES string of the molecule is CC1CSC(C(C)(C)C)(C(C)(C)C)N1. The normalized spacial score (nSPS) is 28.1. The van der Waals surface area contributed by atoms with Gasteiger partial charge in [-0.05, 0) is 17.8 Å². The van der Waals surface area contributed by atoms with Crippen molar-refractivity contribution >= 4 is 11.8 Å². The molecule has 1 N–H and O–H groups in total. The minimum absolute atomic E-state index is 0.208. The van der Waals surface area contributed by atoms with E-state index in [2.05, 4.69) is 65.5 Å². The van der Waals surface area contributed by atoms with E-state index in [1.165, 1.54) is 5.75 Å². The molecule has 2 heteroatoms. The number of thioether (sulfide) groups is 1. The van der Waals surface area contributed by atoms with Gasteiger partial charge in [0.25, 0.3) is 0 Å². The lowest BCUT2D eigenvalue weighted by atomic mass is 9.71. The summed E-state index contributed by atoms with van der Waals surface area (Å²) in [5.74, 6) is 1.23. The summed E-state index contributed by atoms with van der Waals surface area (Å²) in [6.45, 7) is 16.3. The number of hydrogen-bond donors (Lipinski definition) is 1. The van der Waals surface area contributed by atoms with E-state index in [0.29, 0.717) is 16.9 Å². The Morgan fingerprint density at radius 2 is 1.50 bits per heavy atom. The van der Waals surface area contributed by atoms with Crippen molar-refractivity contribution in [1.29, 1.82) is 0 Å². The summed E-state index contributed by atoms with van der Waals surface area (Å²) in [6, 6.07) is 0.637. The second kappa shape index (κ2) is 3.41. The summed E-state index contributed by atoms with van der Waals surface area (Å²) in [7, 11) is 0. The molecular formula is C12H25NS. The van der Waals surface area contributed by atoms with Gasteiger partial charge in [0.15, 0.2) is 0 Å². The first-order valence-corrected chi connectivity index (χ1v) is 6.50. The molecule has 0 aliphatic carbocycles. The third kappa shape index (κ3) is 1.83. The van der Waals surface area contributed by atoms with Crippen LogP contribution in [-0.2, 0) is 0 Å². The van der Waals surface area contributed by atoms with E-state index in [0.717, 1.165) is 0 Å². The Balaban J connectivity index is 3.05. The molecule has 1 unspecified atom stereocenters. The highest BCUT2D eigenvalue weighted by Gasteiger charge is 2.54. The van der Waals surface area contributed by atoms with Crippen LogP contribution in [0.5, 0.6) is 0 Å². The summed E-state index contributed by atoms with van der Waals surface area (Å²) in [4.78, 5) is 0.208. The van der Waals surface area contributed by atoms with E-state index in [-0.39, 0.29) is 4.87 Å². The molecule has 1 aliphatic heterocycles. The summed E-state index contributed by atoms with van der Waals surface area (Å²) >= 11 is 2.10. The number of nitrogens with one attached hydrogen (secondary N) is 1. The van der Waals surface area contributed by atoms with Gasteiger partial charge in [-0.1, -0.05) is 41.5 Å². The Bertz CT molecular complexity index is 195. The maximum atomic E-state index is 3.81. The monoisotopic (exact) mass is 215 g/mol. The molecule has 0 saturated carbocycles. The van der Waals surface area contributed by atoms with E-state index in [1.807, 2.05) is 0 Å². The van der Waals surface area contributed by atoms with Crippen LogP contribution >= 0.6 is 11.8 Å². The van der Waals surface area contributed by atoms with E-state index in [9.17, 15) is 0 Å². The van der Waals surface area contributed by atoms with Crippen LogP contribution in [0.25, 0.3) is 0 Å². The molecule has 0 spiro atoms. The van der Waals surface area contributed by atoms with Crippen LogP contribution in [-0.4, -0.2) is 16.7 Å². The fraction of sp³-hybridized carbons (Fsp3) is 1.00. The van der Waals surface area contributed by atoms with Crippen molar-refractivity contribution in [3.05, 3.63) is 0 Å². The zero-order chi connectivity index (χ0) is 11.2. The molecule has 1 rings (SSSR count). The van der Waals surface area contributed by atoms with Crippen LogP contribution in [0.4, 0.5) is 0 Å². The molecule has 1 atom stereocenters. The average molecular weight is 215 g/mol. The molecule has 0 aromatic carbocycles. The van der Waals surface area contributed by atoms with Gasteiger partial charge >= 0.3 is 0 Å². The standard InChI is InChI=1S/C12H25NS/c1-9-8-14-12(13-9,10(2,3)4)11(5,6)7/h9,13H,8H2,1-7H3. The van der Waals surface area contributed by atoms with E-state index in [1.54, 1.807) is 0 Å². The zero-order valence-electron chi connectivity index (χ0n) is 10.7. The predicted octanol–water partition coefficient (Wildman–Crippen LogP) is 3.50. The van der Waals surface area contributed by atoms with Gasteiger partial charge in [0.1, 0.15) is 0 Å². The minimum Gasteiger partial charge on any atom is -0.299 e. The second-order valence-corrected chi connectivity index (χ2v) is 7.77. The third-order valence-electron chi connectivity index (χ3n) is 3.11. The number of rotatable bonds is 0. The van der Waals surface area contributed by atoms with Crippen LogP contribution in [0, 0.1) is 10.8 Å². The molecule has 14 heavy (non-hydrogen) atoms. The van der Waals surface area contributed by atoms with Crippen molar-refractivity contribution < 1.29 is 0 Å². The second-order valence-electron chi connectivity index (χ2n) is 6.54. The first kappa shape index (κ1) is 12.4. The summed E-state index contributed by atoms with van der Waals surface area (Å²) in [5.41, 5.74) is 0.585. The first-order valence-electron chi connectivity index (χ1n) is 5.52. The molecule has 1 saturated heterocycles. The van der Waals surface area contributed by atoms with Gasteiger partial charge in [-0.2, -0.15) is 0 Å². The summed E-state index contributed by atoms with van der Waals surface area (Å²) in [6.07, 6.45) is 0. The lowest BCUT2D eigenvalue weighted by molar-refractivity contribution is 0.108. The molecule has 1 aliphatic rings. The molecular weight excluding hydrogens is 190 g/mol. The lowest BCUT2D eigenvalue weighted by Crippen LogP contribution is -2.58. The molecule has 1 nitrogen and oxygen atoms in total. The maximum absolute atomic E-state index is 3.81. The van der Waals surface area contributed by atoms with Crippen molar-refractivity contribution in [3.63, 3.8) is 0 Å². The Morgan fingerprint density at radius 1 is 1.07 bits per heavy atom. The van der Waals surface area contributed by atoms with Gasteiger partial charge in [0, 0.05) is 11.8 Å². The van der Waals surface area contributed by atoms with Gasteiger partial charge in [-0.3, -0.25) is 5.32 Å². The quantitative estimate of drug-likeness (QED) is 0.664. The fourth-order valence-electron chi connectivity index (χ4n) is 2.67. The van der Waals surface area contributed by atoms with Crippen LogP contribution in [0.15, 0.2) is 0 Å². The van der Waals surface area contributed by atoms with E-state index >= 15 is 0 Å². The Hall–Kier alpha value is 0.310. The fourth-order valence-corrected chi connectivity index (χ4v) is 4.41. The first-order chi connectivity index (χ1) is 6.10. The van der Waals surface area contributed by atoms with E-state index < -0.39 is 0 Å². The Labute approximate surface area is 93.4 Å². The molecule has 0 radical (unpaired) electrons. The van der Waals surface area contributed by atoms with E-state index in [4.69, 9.17) is 0 Å². The largest absolute Gasteiger partial charge is 0.299 e. The van der Waals surface area contributed by atoms with Crippen LogP contribution in [0.1, 0.15) is 48.5 Å². The van der Waals surface area contributed by atoms with Gasteiger partial charge < -0.3 is 0 Å². The molecule has 0 amide bonds. The molecule has 1 fully saturated rings. The molecule has 0 aromatic heterocycles. The maximum Gasteiger partial charge on any atom is 0.0745 e. The van der Waals surface area contributed by atoms with Gasteiger partial charge in [0.05, 0.1) is 4.87 Å². The predicted molar refractivity (Wildman–Crippen MR) is 66.7 cm³/mol. The highest BCUT2D eigenvalue weighted by molar-refractivity contribution is 8.01. The average Bonchev–Trinajstić information content (AvgIpc) is 2.28. The zero-order valence-corrected chi connectivity index (χ0v) is 11.5. The molecule has 0 bridgehead atoms. The molecule has 1 heterocycles. The van der Waals surface area contributed by atoms with Gasteiger partial charge in [-0.25, -0.2) is 0 Å². The van der Waals surface area contributed by atoms with Crippen LogP contribution in [0.3, 0.4) is 0 Å². The molecule has 0 aromatic rings. The smallest absolute Gasteiger partial charge is 0.0745 e. The lowest BCUT2D eigenvalue weighted by Gasteiger charge is -2.51. The van der Waals surface area contributed by atoms with Crippen molar-refractivity contribution in [2.75, 3.05) is 5.75 Å². The number of hydrogen-bond acceptors (Lipinski definition) is 2. The summed E-state index contributed by atoms with van der Waals surface area (Å²) < 4.78 is 0.